The Morgan fingerprint density at radius 2 is 1.91 bits per heavy atom. The fourth-order valence-electron chi connectivity index (χ4n) is 2.96. The van der Waals surface area contributed by atoms with Gasteiger partial charge in [-0.3, -0.25) is 9.59 Å². The molecule has 0 spiro atoms. The number of thioether (sulfide) groups is 1. The number of nitrogens with zero attached hydrogens (tertiary/aromatic N) is 3. The first-order chi connectivity index (χ1) is 16.2. The molecule has 7 nitrogen and oxygen atoms in total. The topological polar surface area (TPSA) is 88.9 Å². The second-order valence-electron chi connectivity index (χ2n) is 7.00. The molecule has 3 aromatic rings. The summed E-state index contributed by atoms with van der Waals surface area (Å²) in [6, 6.07) is 9.12. The van der Waals surface area contributed by atoms with Crippen LogP contribution in [-0.2, 0) is 11.3 Å². The molecule has 2 aromatic carbocycles. The number of halogens is 4. The maximum absolute atomic E-state index is 12.7. The molecule has 0 saturated carbocycles. The summed E-state index contributed by atoms with van der Waals surface area (Å²) >= 11 is 25.3. The summed E-state index contributed by atoms with van der Waals surface area (Å²) in [5.41, 5.74) is 0.712. The van der Waals surface area contributed by atoms with Crippen LogP contribution in [0.5, 0.6) is 0 Å². The SMILES string of the molecule is C=CCn1c(SCC(=O)Nc2cccc(Cl)c2Cl)nnc1[C@@H](C)NC(=O)c1ccc(Cl)cc1Cl. The van der Waals surface area contributed by atoms with Crippen LogP contribution in [0, 0.1) is 0 Å². The molecule has 0 fully saturated rings. The van der Waals surface area contributed by atoms with Crippen LogP contribution in [0.3, 0.4) is 0 Å². The van der Waals surface area contributed by atoms with E-state index in [-0.39, 0.29) is 27.6 Å². The molecular weight excluding hydrogens is 540 g/mol. The van der Waals surface area contributed by atoms with E-state index in [1.165, 1.54) is 17.8 Å². The van der Waals surface area contributed by atoms with E-state index in [4.69, 9.17) is 46.4 Å². The minimum Gasteiger partial charge on any atom is -0.342 e. The van der Waals surface area contributed by atoms with Crippen LogP contribution in [-0.4, -0.2) is 32.3 Å². The van der Waals surface area contributed by atoms with E-state index < -0.39 is 6.04 Å². The highest BCUT2D eigenvalue weighted by Crippen LogP contribution is 2.30. The lowest BCUT2D eigenvalue weighted by molar-refractivity contribution is -0.113. The van der Waals surface area contributed by atoms with Crippen LogP contribution in [0.2, 0.25) is 20.1 Å². The fraction of sp³-hybridized carbons (Fsp3) is 0.182. The average molecular weight is 559 g/mol. The summed E-state index contributed by atoms with van der Waals surface area (Å²) in [5.74, 6) is -0.116. The molecule has 0 unspecified atom stereocenters. The summed E-state index contributed by atoms with van der Waals surface area (Å²) in [6.45, 7) is 5.92. The molecule has 12 heteroatoms. The maximum atomic E-state index is 12.7. The zero-order valence-electron chi connectivity index (χ0n) is 17.8. The number of anilines is 1. The van der Waals surface area contributed by atoms with Gasteiger partial charge in [0.25, 0.3) is 5.91 Å². The first-order valence-electron chi connectivity index (χ1n) is 9.87. The van der Waals surface area contributed by atoms with E-state index in [2.05, 4.69) is 27.4 Å². The Hall–Kier alpha value is -2.23. The van der Waals surface area contributed by atoms with Crippen molar-refractivity contribution in [3.05, 3.63) is 80.5 Å². The number of hydrogen-bond acceptors (Lipinski definition) is 5. The number of hydrogen-bond donors (Lipinski definition) is 2. The van der Waals surface area contributed by atoms with Gasteiger partial charge < -0.3 is 15.2 Å². The van der Waals surface area contributed by atoms with Gasteiger partial charge in [0.15, 0.2) is 11.0 Å². The van der Waals surface area contributed by atoms with E-state index >= 15 is 0 Å². The smallest absolute Gasteiger partial charge is 0.253 e. The van der Waals surface area contributed by atoms with Crippen molar-refractivity contribution >= 4 is 75.7 Å². The van der Waals surface area contributed by atoms with Gasteiger partial charge in [0.2, 0.25) is 5.91 Å². The summed E-state index contributed by atoms with van der Waals surface area (Å²) < 4.78 is 1.77. The van der Waals surface area contributed by atoms with Crippen LogP contribution in [0.25, 0.3) is 0 Å². The van der Waals surface area contributed by atoms with Crippen molar-refractivity contribution in [3.8, 4) is 0 Å². The highest BCUT2D eigenvalue weighted by Gasteiger charge is 2.21. The van der Waals surface area contributed by atoms with Crippen molar-refractivity contribution in [3.63, 3.8) is 0 Å². The second kappa shape index (κ2) is 12.0. The first kappa shape index (κ1) is 26.4. The number of carbonyl (C=O) groups excluding carboxylic acids is 2. The van der Waals surface area contributed by atoms with Crippen molar-refractivity contribution in [1.29, 1.82) is 0 Å². The number of aromatic nitrogens is 3. The van der Waals surface area contributed by atoms with Gasteiger partial charge in [-0.05, 0) is 37.3 Å². The van der Waals surface area contributed by atoms with Crippen molar-refractivity contribution in [2.24, 2.45) is 0 Å². The minimum atomic E-state index is -0.500. The van der Waals surface area contributed by atoms with Crippen molar-refractivity contribution in [2.45, 2.75) is 24.7 Å². The number of carbonyl (C=O) groups is 2. The lowest BCUT2D eigenvalue weighted by atomic mass is 10.2. The van der Waals surface area contributed by atoms with Gasteiger partial charge in [-0.25, -0.2) is 0 Å². The molecule has 2 amide bonds. The van der Waals surface area contributed by atoms with E-state index in [0.717, 1.165) is 0 Å². The normalized spacial score (nSPS) is 11.7. The molecule has 0 aliphatic rings. The largest absolute Gasteiger partial charge is 0.342 e. The number of rotatable bonds is 9. The lowest BCUT2D eigenvalue weighted by Gasteiger charge is -2.16. The van der Waals surface area contributed by atoms with Crippen molar-refractivity contribution in [2.75, 3.05) is 11.1 Å². The molecule has 1 heterocycles. The zero-order valence-corrected chi connectivity index (χ0v) is 21.7. The van der Waals surface area contributed by atoms with Gasteiger partial charge in [0.1, 0.15) is 0 Å². The molecule has 0 aliphatic heterocycles. The predicted octanol–water partition coefficient (Wildman–Crippen LogP) is 6.30. The summed E-state index contributed by atoms with van der Waals surface area (Å²) in [6.07, 6.45) is 1.67. The van der Waals surface area contributed by atoms with Gasteiger partial charge in [0, 0.05) is 11.6 Å². The van der Waals surface area contributed by atoms with Crippen LogP contribution in [0.15, 0.2) is 54.2 Å². The van der Waals surface area contributed by atoms with E-state index in [0.29, 0.717) is 38.8 Å². The Morgan fingerprint density at radius 1 is 1.15 bits per heavy atom. The van der Waals surface area contributed by atoms with Crippen LogP contribution in [0.4, 0.5) is 5.69 Å². The maximum Gasteiger partial charge on any atom is 0.253 e. The third-order valence-corrected chi connectivity index (χ3v) is 6.86. The molecule has 3 rings (SSSR count). The number of allylic oxidation sites excluding steroid dienone is 1. The molecule has 178 valence electrons. The Balaban J connectivity index is 1.69. The number of amides is 2. The zero-order chi connectivity index (χ0) is 24.8. The fourth-order valence-corrected chi connectivity index (χ4v) is 4.55. The van der Waals surface area contributed by atoms with E-state index in [9.17, 15) is 9.59 Å². The van der Waals surface area contributed by atoms with Gasteiger partial charge in [-0.2, -0.15) is 0 Å². The second-order valence-corrected chi connectivity index (χ2v) is 9.57. The molecule has 0 saturated heterocycles. The molecule has 2 N–H and O–H groups in total. The van der Waals surface area contributed by atoms with Crippen molar-refractivity contribution < 1.29 is 9.59 Å². The molecule has 34 heavy (non-hydrogen) atoms. The number of benzene rings is 2. The summed E-state index contributed by atoms with van der Waals surface area (Å²) in [7, 11) is 0. The third kappa shape index (κ3) is 6.46. The molecule has 0 bridgehead atoms. The monoisotopic (exact) mass is 557 g/mol. The standard InChI is InChI=1S/C22H19Cl4N5O2S/c1-3-9-31-20(12(2)27-21(33)14-8-7-13(23)10-16(14)25)29-30-22(31)34-11-18(32)28-17-6-4-5-15(24)19(17)26/h3-8,10,12H,1,9,11H2,2H3,(H,27,33)(H,28,32)/t12-/m1/s1. The molecule has 0 aliphatic carbocycles. The average Bonchev–Trinajstić information content (AvgIpc) is 3.18. The quantitative estimate of drug-likeness (QED) is 0.237. The number of nitrogens with one attached hydrogen (secondary N) is 2. The van der Waals surface area contributed by atoms with Gasteiger partial charge in [-0.1, -0.05) is 70.3 Å². The minimum absolute atomic E-state index is 0.0548. The van der Waals surface area contributed by atoms with Crippen LogP contribution in [0.1, 0.15) is 29.1 Å². The Bertz CT molecular complexity index is 1230. The molecule has 1 aromatic heterocycles. The highest BCUT2D eigenvalue weighted by molar-refractivity contribution is 7.99. The third-order valence-electron chi connectivity index (χ3n) is 4.53. The Kier molecular flexibility index (Phi) is 9.27. The van der Waals surface area contributed by atoms with Crippen LogP contribution >= 0.6 is 58.2 Å². The Morgan fingerprint density at radius 3 is 2.62 bits per heavy atom. The van der Waals surface area contributed by atoms with E-state index in [1.54, 1.807) is 47.9 Å². The first-order valence-corrected chi connectivity index (χ1v) is 12.4. The molecular formula is C22H19Cl4N5O2S. The van der Waals surface area contributed by atoms with Gasteiger partial charge in [0.05, 0.1) is 38.1 Å². The summed E-state index contributed by atoms with van der Waals surface area (Å²) in [4.78, 5) is 25.1. The van der Waals surface area contributed by atoms with Crippen molar-refractivity contribution in [1.82, 2.24) is 20.1 Å². The summed E-state index contributed by atoms with van der Waals surface area (Å²) in [5, 5.41) is 15.8. The lowest BCUT2D eigenvalue weighted by Crippen LogP contribution is -2.29. The molecule has 1 atom stereocenters. The van der Waals surface area contributed by atoms with E-state index in [1.807, 2.05) is 0 Å². The molecule has 0 radical (unpaired) electrons. The predicted molar refractivity (Wildman–Crippen MR) is 138 cm³/mol. The van der Waals surface area contributed by atoms with Gasteiger partial charge >= 0.3 is 0 Å². The van der Waals surface area contributed by atoms with Gasteiger partial charge in [-0.15, -0.1) is 16.8 Å². The Labute approximate surface area is 220 Å². The van der Waals surface area contributed by atoms with Crippen LogP contribution < -0.4 is 10.6 Å². The highest BCUT2D eigenvalue weighted by atomic mass is 35.5.